The molecular weight excluding hydrogens is 368 g/mol. The van der Waals surface area contributed by atoms with Crippen LogP contribution in [0.3, 0.4) is 0 Å². The van der Waals surface area contributed by atoms with Gasteiger partial charge in [0.15, 0.2) is 0 Å². The molecule has 28 heavy (non-hydrogen) atoms. The van der Waals surface area contributed by atoms with E-state index in [-0.39, 0.29) is 34.9 Å². The van der Waals surface area contributed by atoms with Crippen LogP contribution < -0.4 is 10.1 Å². The lowest BCUT2D eigenvalue weighted by Crippen LogP contribution is -2.17. The summed E-state index contributed by atoms with van der Waals surface area (Å²) in [4.78, 5) is 40.4. The summed E-state index contributed by atoms with van der Waals surface area (Å²) < 4.78 is 19.7. The second-order valence-corrected chi connectivity index (χ2v) is 5.42. The van der Waals surface area contributed by atoms with E-state index in [1.807, 2.05) is 0 Å². The van der Waals surface area contributed by atoms with Gasteiger partial charge in [0.05, 0.1) is 37.6 Å². The van der Waals surface area contributed by atoms with Crippen LogP contribution in [0.15, 0.2) is 36.5 Å². The smallest absolute Gasteiger partial charge is 0.339 e. The Morgan fingerprint density at radius 1 is 0.929 bits per heavy atom. The molecule has 0 bridgehead atoms. The van der Waals surface area contributed by atoms with E-state index in [9.17, 15) is 14.4 Å². The molecule has 0 saturated carbocycles. The molecule has 148 valence electrons. The molecule has 1 amide bonds. The van der Waals surface area contributed by atoms with E-state index in [1.54, 1.807) is 7.11 Å². The van der Waals surface area contributed by atoms with Crippen LogP contribution in [0.4, 0.5) is 5.69 Å². The maximum atomic E-state index is 12.6. The first kappa shape index (κ1) is 20.8. The number of pyridine rings is 1. The first-order valence-electron chi connectivity index (χ1n) is 8.20. The van der Waals surface area contributed by atoms with E-state index in [2.05, 4.69) is 15.0 Å². The third-order valence-corrected chi connectivity index (χ3v) is 3.63. The Bertz CT molecular complexity index is 867. The molecule has 0 radical (unpaired) electrons. The fraction of sp³-hybridized carbons (Fsp3) is 0.263. The molecule has 9 nitrogen and oxygen atoms in total. The van der Waals surface area contributed by atoms with Crippen LogP contribution in [0.25, 0.3) is 0 Å². The summed E-state index contributed by atoms with van der Waals surface area (Å²) in [5.74, 6) is -1.54. The Hall–Kier alpha value is -3.46. The highest BCUT2D eigenvalue weighted by Gasteiger charge is 2.18. The quantitative estimate of drug-likeness (QED) is 0.539. The summed E-state index contributed by atoms with van der Waals surface area (Å²) in [6, 6.07) is 7.06. The lowest BCUT2D eigenvalue weighted by molar-refractivity contribution is 0.0587. The van der Waals surface area contributed by atoms with E-state index < -0.39 is 17.8 Å². The number of amides is 1. The molecule has 1 aromatic heterocycles. The summed E-state index contributed by atoms with van der Waals surface area (Å²) in [6.45, 7) is 0.656. The zero-order valence-corrected chi connectivity index (χ0v) is 15.7. The average Bonchev–Trinajstić information content (AvgIpc) is 2.73. The molecule has 0 unspecified atom stereocenters. The van der Waals surface area contributed by atoms with Gasteiger partial charge in [0.1, 0.15) is 6.61 Å². The number of hydrogen-bond donors (Lipinski definition) is 1. The summed E-state index contributed by atoms with van der Waals surface area (Å²) in [7, 11) is 3.99. The van der Waals surface area contributed by atoms with Crippen LogP contribution in [0.2, 0.25) is 0 Å². The lowest BCUT2D eigenvalue weighted by Gasteiger charge is -2.12. The van der Waals surface area contributed by atoms with Crippen molar-refractivity contribution in [2.24, 2.45) is 0 Å². The average molecular weight is 388 g/mol. The van der Waals surface area contributed by atoms with Crippen molar-refractivity contribution >= 4 is 23.5 Å². The molecule has 0 aliphatic carbocycles. The molecule has 0 atom stereocenters. The van der Waals surface area contributed by atoms with Crippen LogP contribution in [0.5, 0.6) is 5.88 Å². The third-order valence-electron chi connectivity index (χ3n) is 3.63. The molecule has 2 rings (SSSR count). The first-order chi connectivity index (χ1) is 13.5. The lowest BCUT2D eigenvalue weighted by atomic mass is 10.1. The van der Waals surface area contributed by atoms with Gasteiger partial charge in [0.25, 0.3) is 5.91 Å². The van der Waals surface area contributed by atoms with E-state index >= 15 is 0 Å². The topological polar surface area (TPSA) is 113 Å². The van der Waals surface area contributed by atoms with Gasteiger partial charge in [0, 0.05) is 24.9 Å². The highest BCUT2D eigenvalue weighted by Crippen LogP contribution is 2.21. The number of rotatable bonds is 8. The number of ether oxygens (including phenoxy) is 4. The number of anilines is 1. The van der Waals surface area contributed by atoms with Gasteiger partial charge in [-0.1, -0.05) is 0 Å². The normalized spacial score (nSPS) is 10.1. The molecule has 0 aliphatic rings. The van der Waals surface area contributed by atoms with Gasteiger partial charge < -0.3 is 24.3 Å². The largest absolute Gasteiger partial charge is 0.475 e. The van der Waals surface area contributed by atoms with Gasteiger partial charge in [-0.15, -0.1) is 0 Å². The fourth-order valence-electron chi connectivity index (χ4n) is 2.23. The van der Waals surface area contributed by atoms with Gasteiger partial charge in [-0.25, -0.2) is 14.6 Å². The highest BCUT2D eigenvalue weighted by atomic mass is 16.5. The van der Waals surface area contributed by atoms with Crippen LogP contribution in [-0.4, -0.2) is 57.4 Å². The zero-order valence-electron chi connectivity index (χ0n) is 15.7. The van der Waals surface area contributed by atoms with E-state index in [1.165, 1.54) is 50.7 Å². The van der Waals surface area contributed by atoms with Crippen molar-refractivity contribution in [1.29, 1.82) is 0 Å². The van der Waals surface area contributed by atoms with E-state index in [0.717, 1.165) is 0 Å². The number of aromatic nitrogens is 1. The van der Waals surface area contributed by atoms with Gasteiger partial charge in [-0.05, 0) is 24.3 Å². The molecule has 2 aromatic rings. The van der Waals surface area contributed by atoms with Gasteiger partial charge in [-0.2, -0.15) is 0 Å². The molecule has 1 aromatic carbocycles. The molecule has 0 fully saturated rings. The molecule has 1 heterocycles. The summed E-state index contributed by atoms with van der Waals surface area (Å²) in [5, 5.41) is 2.60. The van der Waals surface area contributed by atoms with Crippen LogP contribution in [-0.2, 0) is 14.2 Å². The number of benzene rings is 1. The van der Waals surface area contributed by atoms with E-state index in [0.29, 0.717) is 6.61 Å². The standard InChI is InChI=1S/C19H20N2O7/c1-25-8-9-28-16-11-12(6-7-20-16)17(22)21-15-10-13(18(23)26-2)4-5-14(15)19(24)27-3/h4-7,10-11H,8-9H2,1-3H3,(H,21,22). The minimum Gasteiger partial charge on any atom is -0.475 e. The van der Waals surface area contributed by atoms with Crippen LogP contribution >= 0.6 is 0 Å². The van der Waals surface area contributed by atoms with Crippen molar-refractivity contribution in [3.8, 4) is 5.88 Å². The maximum Gasteiger partial charge on any atom is 0.339 e. The second-order valence-electron chi connectivity index (χ2n) is 5.42. The summed E-state index contributed by atoms with van der Waals surface area (Å²) in [6.07, 6.45) is 1.42. The van der Waals surface area contributed by atoms with Gasteiger partial charge >= 0.3 is 11.9 Å². The Labute approximate surface area is 161 Å². The fourth-order valence-corrected chi connectivity index (χ4v) is 2.23. The number of carbonyl (C=O) groups excluding carboxylic acids is 3. The van der Waals surface area contributed by atoms with Crippen molar-refractivity contribution in [2.45, 2.75) is 0 Å². The molecule has 1 N–H and O–H groups in total. The van der Waals surface area contributed by atoms with E-state index in [4.69, 9.17) is 14.2 Å². The van der Waals surface area contributed by atoms with Crippen molar-refractivity contribution in [1.82, 2.24) is 4.98 Å². The molecule has 0 aliphatic heterocycles. The predicted molar refractivity (Wildman–Crippen MR) is 98.7 cm³/mol. The predicted octanol–water partition coefficient (Wildman–Crippen LogP) is 1.93. The number of carbonyl (C=O) groups is 3. The summed E-state index contributed by atoms with van der Waals surface area (Å²) in [5.41, 5.74) is 0.623. The molecule has 0 spiro atoms. The Morgan fingerprint density at radius 2 is 1.68 bits per heavy atom. The minimum atomic E-state index is -0.662. The summed E-state index contributed by atoms with van der Waals surface area (Å²) >= 11 is 0. The maximum absolute atomic E-state index is 12.6. The Balaban J connectivity index is 2.27. The van der Waals surface area contributed by atoms with Crippen molar-refractivity contribution in [3.05, 3.63) is 53.2 Å². The molecule has 0 saturated heterocycles. The van der Waals surface area contributed by atoms with Crippen molar-refractivity contribution in [3.63, 3.8) is 0 Å². The number of hydrogen-bond acceptors (Lipinski definition) is 8. The van der Waals surface area contributed by atoms with Crippen molar-refractivity contribution < 1.29 is 33.3 Å². The number of nitrogens with zero attached hydrogens (tertiary/aromatic N) is 1. The Kier molecular flexibility index (Phi) is 7.46. The number of nitrogens with one attached hydrogen (secondary N) is 1. The van der Waals surface area contributed by atoms with Crippen molar-refractivity contribution in [2.75, 3.05) is 39.9 Å². The highest BCUT2D eigenvalue weighted by molar-refractivity contribution is 6.09. The SMILES string of the molecule is COCCOc1cc(C(=O)Nc2cc(C(=O)OC)ccc2C(=O)OC)ccn1. The number of esters is 2. The van der Waals surface area contributed by atoms with Crippen LogP contribution in [0, 0.1) is 0 Å². The zero-order chi connectivity index (χ0) is 20.5. The third kappa shape index (κ3) is 5.27. The van der Waals surface area contributed by atoms with Gasteiger partial charge in [0.2, 0.25) is 5.88 Å². The minimum absolute atomic E-state index is 0.0918. The Morgan fingerprint density at radius 3 is 2.36 bits per heavy atom. The monoisotopic (exact) mass is 388 g/mol. The second kappa shape index (κ2) is 10.0. The van der Waals surface area contributed by atoms with Gasteiger partial charge in [-0.3, -0.25) is 4.79 Å². The van der Waals surface area contributed by atoms with Crippen LogP contribution in [0.1, 0.15) is 31.1 Å². The number of methoxy groups -OCH3 is 3. The molecule has 9 heteroatoms. The first-order valence-corrected chi connectivity index (χ1v) is 8.20. The molecular formula is C19H20N2O7.